The van der Waals surface area contributed by atoms with E-state index in [1.807, 2.05) is 0 Å². The van der Waals surface area contributed by atoms with Gasteiger partial charge in [0.15, 0.2) is 5.78 Å². The SMILES string of the molecule is CC#CCCC1(C(=O)CP(=O)(OC)OC)CCC1. The molecule has 1 fully saturated rings. The van der Waals surface area contributed by atoms with Gasteiger partial charge < -0.3 is 9.05 Å². The molecule has 0 aromatic rings. The number of carbonyl (C=O) groups excluding carboxylic acids is 1. The number of rotatable bonds is 7. The molecule has 4 nitrogen and oxygen atoms in total. The summed E-state index contributed by atoms with van der Waals surface area (Å²) in [6.07, 6.45) is 4.12. The van der Waals surface area contributed by atoms with E-state index in [4.69, 9.17) is 9.05 Å². The number of Topliss-reactive ketones (excluding diaryl/α,β-unsaturated/α-hetero) is 1. The van der Waals surface area contributed by atoms with Crippen LogP contribution in [-0.4, -0.2) is 26.2 Å². The van der Waals surface area contributed by atoms with E-state index in [0.29, 0.717) is 6.42 Å². The van der Waals surface area contributed by atoms with Crippen LogP contribution in [0.5, 0.6) is 0 Å². The second kappa shape index (κ2) is 6.52. The summed E-state index contributed by atoms with van der Waals surface area (Å²) < 4.78 is 21.6. The first-order chi connectivity index (χ1) is 8.52. The molecule has 0 bridgehead atoms. The average molecular weight is 272 g/mol. The molecule has 0 heterocycles. The van der Waals surface area contributed by atoms with Crippen LogP contribution < -0.4 is 0 Å². The molecule has 0 aromatic carbocycles. The Bertz CT molecular complexity index is 393. The van der Waals surface area contributed by atoms with Crippen molar-refractivity contribution in [1.29, 1.82) is 0 Å². The van der Waals surface area contributed by atoms with Crippen LogP contribution in [0.3, 0.4) is 0 Å². The van der Waals surface area contributed by atoms with Gasteiger partial charge >= 0.3 is 7.60 Å². The Kier molecular flexibility index (Phi) is 5.59. The lowest BCUT2D eigenvalue weighted by molar-refractivity contribution is -0.131. The maximum atomic E-state index is 12.3. The predicted octanol–water partition coefficient (Wildman–Crippen LogP) is 3.02. The van der Waals surface area contributed by atoms with Gasteiger partial charge in [-0.15, -0.1) is 11.8 Å². The normalized spacial score (nSPS) is 17.5. The van der Waals surface area contributed by atoms with Crippen LogP contribution in [0.25, 0.3) is 0 Å². The lowest BCUT2D eigenvalue weighted by Gasteiger charge is -2.40. The van der Waals surface area contributed by atoms with E-state index in [2.05, 4.69) is 11.8 Å². The summed E-state index contributed by atoms with van der Waals surface area (Å²) >= 11 is 0. The van der Waals surface area contributed by atoms with Crippen LogP contribution in [0.2, 0.25) is 0 Å². The Labute approximate surface area is 109 Å². The maximum absolute atomic E-state index is 12.3. The summed E-state index contributed by atoms with van der Waals surface area (Å²) in [6.45, 7) is 1.79. The van der Waals surface area contributed by atoms with Crippen molar-refractivity contribution in [3.8, 4) is 11.8 Å². The fraction of sp³-hybridized carbons (Fsp3) is 0.769. The zero-order valence-corrected chi connectivity index (χ0v) is 12.2. The van der Waals surface area contributed by atoms with Gasteiger partial charge in [0.25, 0.3) is 0 Å². The van der Waals surface area contributed by atoms with Crippen molar-refractivity contribution in [2.24, 2.45) is 5.41 Å². The molecule has 1 rings (SSSR count). The van der Waals surface area contributed by atoms with Crippen LogP contribution >= 0.6 is 7.60 Å². The molecule has 0 unspecified atom stereocenters. The Morgan fingerprint density at radius 2 is 1.94 bits per heavy atom. The Hall–Kier alpha value is -0.620. The predicted molar refractivity (Wildman–Crippen MR) is 70.5 cm³/mol. The lowest BCUT2D eigenvalue weighted by atomic mass is 9.64. The van der Waals surface area contributed by atoms with Gasteiger partial charge in [-0.1, -0.05) is 6.42 Å². The molecule has 5 heteroatoms. The molecule has 0 amide bonds. The van der Waals surface area contributed by atoms with Gasteiger partial charge in [0.05, 0.1) is 0 Å². The molecule has 0 aliphatic heterocycles. The molecule has 1 aliphatic carbocycles. The summed E-state index contributed by atoms with van der Waals surface area (Å²) in [5, 5.41) is 0. The zero-order chi connectivity index (χ0) is 13.6. The standard InChI is InChI=1S/C13H21O4P/c1-4-5-6-8-13(9-7-10-13)12(14)11-18(15,16-2)17-3/h6-11H2,1-3H3. The van der Waals surface area contributed by atoms with E-state index in [9.17, 15) is 9.36 Å². The van der Waals surface area contributed by atoms with Gasteiger partial charge in [-0.25, -0.2) is 0 Å². The van der Waals surface area contributed by atoms with Crippen molar-refractivity contribution in [2.45, 2.75) is 39.0 Å². The number of carbonyl (C=O) groups is 1. The molecule has 0 aromatic heterocycles. The first-order valence-electron chi connectivity index (χ1n) is 6.15. The summed E-state index contributed by atoms with van der Waals surface area (Å²) in [6, 6.07) is 0. The Morgan fingerprint density at radius 3 is 2.33 bits per heavy atom. The smallest absolute Gasteiger partial charge is 0.312 e. The third kappa shape index (κ3) is 3.45. The van der Waals surface area contributed by atoms with Crippen LogP contribution in [-0.2, 0) is 18.4 Å². The molecular weight excluding hydrogens is 251 g/mol. The van der Waals surface area contributed by atoms with Crippen molar-refractivity contribution in [3.05, 3.63) is 0 Å². The second-order valence-electron chi connectivity index (χ2n) is 4.62. The highest BCUT2D eigenvalue weighted by Crippen LogP contribution is 2.52. The molecule has 1 saturated carbocycles. The summed E-state index contributed by atoms with van der Waals surface area (Å²) in [7, 11) is -0.612. The molecule has 0 atom stereocenters. The largest absolute Gasteiger partial charge is 0.337 e. The van der Waals surface area contributed by atoms with E-state index >= 15 is 0 Å². The minimum absolute atomic E-state index is 0.00122. The van der Waals surface area contributed by atoms with Crippen molar-refractivity contribution in [3.63, 3.8) is 0 Å². The molecular formula is C13H21O4P. The van der Waals surface area contributed by atoms with Gasteiger partial charge in [0, 0.05) is 26.1 Å². The minimum atomic E-state index is -3.24. The third-order valence-electron chi connectivity index (χ3n) is 3.70. The minimum Gasteiger partial charge on any atom is -0.312 e. The molecule has 18 heavy (non-hydrogen) atoms. The highest BCUT2D eigenvalue weighted by molar-refractivity contribution is 7.54. The van der Waals surface area contributed by atoms with Crippen molar-refractivity contribution in [2.75, 3.05) is 20.4 Å². The van der Waals surface area contributed by atoms with Crippen molar-refractivity contribution >= 4 is 13.4 Å². The molecule has 102 valence electrons. The fourth-order valence-corrected chi connectivity index (χ4v) is 3.34. The van der Waals surface area contributed by atoms with E-state index in [-0.39, 0.29) is 17.4 Å². The molecule has 0 N–H and O–H groups in total. The van der Waals surface area contributed by atoms with E-state index in [0.717, 1.165) is 25.7 Å². The lowest BCUT2D eigenvalue weighted by Crippen LogP contribution is -2.39. The first-order valence-corrected chi connectivity index (χ1v) is 7.88. The van der Waals surface area contributed by atoms with Crippen LogP contribution in [0.1, 0.15) is 39.0 Å². The van der Waals surface area contributed by atoms with Gasteiger partial charge in [-0.3, -0.25) is 9.36 Å². The van der Waals surface area contributed by atoms with Crippen LogP contribution in [0.4, 0.5) is 0 Å². The molecule has 0 spiro atoms. The number of hydrogen-bond acceptors (Lipinski definition) is 4. The topological polar surface area (TPSA) is 52.6 Å². The van der Waals surface area contributed by atoms with Crippen molar-refractivity contribution < 1.29 is 18.4 Å². The highest BCUT2D eigenvalue weighted by Gasteiger charge is 2.45. The summed E-state index contributed by atoms with van der Waals surface area (Å²) in [5.41, 5.74) is -0.337. The summed E-state index contributed by atoms with van der Waals surface area (Å²) in [4.78, 5) is 12.3. The highest BCUT2D eigenvalue weighted by atomic mass is 31.2. The number of hydrogen-bond donors (Lipinski definition) is 0. The van der Waals surface area contributed by atoms with Crippen LogP contribution in [0, 0.1) is 17.3 Å². The maximum Gasteiger partial charge on any atom is 0.337 e. The van der Waals surface area contributed by atoms with E-state index in [1.165, 1.54) is 14.2 Å². The van der Waals surface area contributed by atoms with E-state index in [1.54, 1.807) is 6.92 Å². The molecule has 0 radical (unpaired) electrons. The summed E-state index contributed by atoms with van der Waals surface area (Å²) in [5.74, 6) is 5.82. The Morgan fingerprint density at radius 1 is 1.33 bits per heavy atom. The Balaban J connectivity index is 2.67. The quantitative estimate of drug-likeness (QED) is 0.528. The van der Waals surface area contributed by atoms with Gasteiger partial charge in [-0.05, 0) is 26.2 Å². The van der Waals surface area contributed by atoms with Crippen LogP contribution in [0.15, 0.2) is 0 Å². The average Bonchev–Trinajstić information content (AvgIpc) is 2.32. The first kappa shape index (κ1) is 15.4. The van der Waals surface area contributed by atoms with E-state index < -0.39 is 7.60 Å². The molecule has 0 saturated heterocycles. The van der Waals surface area contributed by atoms with Gasteiger partial charge in [0.1, 0.15) is 6.16 Å². The number of ketones is 1. The van der Waals surface area contributed by atoms with Gasteiger partial charge in [0.2, 0.25) is 0 Å². The van der Waals surface area contributed by atoms with Gasteiger partial charge in [-0.2, -0.15) is 0 Å². The monoisotopic (exact) mass is 272 g/mol. The molecule has 1 aliphatic rings. The fourth-order valence-electron chi connectivity index (χ4n) is 2.25. The van der Waals surface area contributed by atoms with Crippen molar-refractivity contribution in [1.82, 2.24) is 0 Å². The second-order valence-corrected chi connectivity index (χ2v) is 6.89. The third-order valence-corrected chi connectivity index (χ3v) is 5.49. The zero-order valence-electron chi connectivity index (χ0n) is 11.3.